The number of anilines is 1. The molecule has 136 valence electrons. The van der Waals surface area contributed by atoms with Gasteiger partial charge >= 0.3 is 0 Å². The number of nitriles is 1. The van der Waals surface area contributed by atoms with Gasteiger partial charge < -0.3 is 0 Å². The Hall–Kier alpha value is -3.08. The topological polar surface area (TPSA) is 69.9 Å². The van der Waals surface area contributed by atoms with E-state index in [-0.39, 0.29) is 5.91 Å². The lowest BCUT2D eigenvalue weighted by Gasteiger charge is -2.20. The molecule has 0 aliphatic rings. The van der Waals surface area contributed by atoms with Gasteiger partial charge in [0.15, 0.2) is 5.13 Å². The number of fused-ring (bicyclic) bond motifs is 1. The number of nitrogens with zero attached hydrogens (tertiary/aromatic N) is 4. The van der Waals surface area contributed by atoms with Crippen LogP contribution in [-0.2, 0) is 6.54 Å². The van der Waals surface area contributed by atoms with Gasteiger partial charge in [-0.1, -0.05) is 33.3 Å². The van der Waals surface area contributed by atoms with Crippen molar-refractivity contribution in [3.63, 3.8) is 0 Å². The fourth-order valence-corrected chi connectivity index (χ4v) is 4.26. The Morgan fingerprint density at radius 3 is 2.71 bits per heavy atom. The highest BCUT2D eigenvalue weighted by atomic mass is 79.9. The zero-order valence-electron chi connectivity index (χ0n) is 14.5. The van der Waals surface area contributed by atoms with E-state index < -0.39 is 0 Å². The summed E-state index contributed by atoms with van der Waals surface area (Å²) in [5.41, 5.74) is 2.76. The van der Waals surface area contributed by atoms with Gasteiger partial charge in [0, 0.05) is 22.4 Å². The van der Waals surface area contributed by atoms with Gasteiger partial charge in [0.05, 0.1) is 28.4 Å². The minimum atomic E-state index is -0.175. The van der Waals surface area contributed by atoms with Crippen molar-refractivity contribution in [2.45, 2.75) is 6.54 Å². The van der Waals surface area contributed by atoms with Crippen LogP contribution >= 0.6 is 27.3 Å². The molecule has 7 heteroatoms. The molecule has 2 aromatic heterocycles. The predicted molar refractivity (Wildman–Crippen MR) is 113 cm³/mol. The zero-order valence-corrected chi connectivity index (χ0v) is 16.9. The van der Waals surface area contributed by atoms with E-state index in [0.29, 0.717) is 22.8 Å². The molecule has 0 unspecified atom stereocenters. The van der Waals surface area contributed by atoms with E-state index in [4.69, 9.17) is 5.26 Å². The highest BCUT2D eigenvalue weighted by Gasteiger charge is 2.22. The molecule has 0 radical (unpaired) electrons. The normalized spacial score (nSPS) is 10.6. The molecule has 4 aromatic rings. The number of hydrogen-bond acceptors (Lipinski definition) is 5. The molecule has 0 aliphatic carbocycles. The number of halogens is 1. The number of amides is 1. The highest BCUT2D eigenvalue weighted by molar-refractivity contribution is 9.10. The number of hydrogen-bond donors (Lipinski definition) is 0. The molecule has 1 amide bonds. The molecule has 0 saturated heterocycles. The second-order valence-corrected chi connectivity index (χ2v) is 7.97. The van der Waals surface area contributed by atoms with Gasteiger partial charge in [-0.2, -0.15) is 5.26 Å². The molecule has 2 heterocycles. The summed E-state index contributed by atoms with van der Waals surface area (Å²) in [5, 5.41) is 9.60. The summed E-state index contributed by atoms with van der Waals surface area (Å²) in [6.07, 6.45) is 3.44. The van der Waals surface area contributed by atoms with Crippen LogP contribution in [0.15, 0.2) is 71.5 Å². The summed E-state index contributed by atoms with van der Waals surface area (Å²) in [4.78, 5) is 23.7. The average molecular weight is 449 g/mol. The smallest absolute Gasteiger partial charge is 0.260 e. The van der Waals surface area contributed by atoms with Crippen LogP contribution in [0, 0.1) is 11.3 Å². The van der Waals surface area contributed by atoms with Crippen LogP contribution in [-0.4, -0.2) is 15.9 Å². The second-order valence-electron chi connectivity index (χ2n) is 6.05. The van der Waals surface area contributed by atoms with Crippen LogP contribution in [0.1, 0.15) is 21.5 Å². The first kappa shape index (κ1) is 18.3. The van der Waals surface area contributed by atoms with Crippen molar-refractivity contribution >= 4 is 48.5 Å². The molecule has 0 fully saturated rings. The Kier molecular flexibility index (Phi) is 5.15. The minimum Gasteiger partial charge on any atom is -0.279 e. The van der Waals surface area contributed by atoms with Gasteiger partial charge in [-0.05, 0) is 54.1 Å². The Balaban J connectivity index is 1.75. The third-order valence-electron chi connectivity index (χ3n) is 4.14. The minimum absolute atomic E-state index is 0.175. The average Bonchev–Trinajstić information content (AvgIpc) is 3.15. The van der Waals surface area contributed by atoms with Crippen LogP contribution in [0.2, 0.25) is 0 Å². The lowest BCUT2D eigenvalue weighted by atomic mass is 10.1. The van der Waals surface area contributed by atoms with Crippen molar-refractivity contribution < 1.29 is 4.79 Å². The van der Waals surface area contributed by atoms with E-state index in [1.807, 2.05) is 30.3 Å². The van der Waals surface area contributed by atoms with Crippen LogP contribution in [0.4, 0.5) is 5.13 Å². The summed E-state index contributed by atoms with van der Waals surface area (Å²) < 4.78 is 1.96. The van der Waals surface area contributed by atoms with Gasteiger partial charge in [0.25, 0.3) is 5.91 Å². The maximum Gasteiger partial charge on any atom is 0.260 e. The van der Waals surface area contributed by atoms with Gasteiger partial charge in [-0.3, -0.25) is 14.7 Å². The van der Waals surface area contributed by atoms with Gasteiger partial charge in [-0.15, -0.1) is 0 Å². The molecule has 0 atom stereocenters. The second kappa shape index (κ2) is 7.89. The van der Waals surface area contributed by atoms with E-state index >= 15 is 0 Å². The molecule has 0 aliphatic heterocycles. The molecular formula is C21H13BrN4OS. The third kappa shape index (κ3) is 3.79. The summed E-state index contributed by atoms with van der Waals surface area (Å²) in [5.74, 6) is -0.175. The van der Waals surface area contributed by atoms with Crippen molar-refractivity contribution in [2.75, 3.05) is 4.90 Å². The maximum atomic E-state index is 13.3. The summed E-state index contributed by atoms with van der Waals surface area (Å²) in [6.45, 7) is 0.355. The highest BCUT2D eigenvalue weighted by Crippen LogP contribution is 2.32. The Morgan fingerprint density at radius 1 is 1.18 bits per heavy atom. The van der Waals surface area contributed by atoms with Crippen LogP contribution in [0.5, 0.6) is 0 Å². The zero-order chi connectivity index (χ0) is 19.5. The molecule has 0 spiro atoms. The van der Waals surface area contributed by atoms with E-state index in [1.54, 1.807) is 41.6 Å². The van der Waals surface area contributed by atoms with E-state index in [1.165, 1.54) is 11.3 Å². The fourth-order valence-electron chi connectivity index (χ4n) is 2.75. The number of thiazole rings is 1. The predicted octanol–water partition coefficient (Wildman–Crippen LogP) is 5.17. The number of aromatic nitrogens is 2. The summed E-state index contributed by atoms with van der Waals surface area (Å²) in [6, 6.07) is 18.3. The molecule has 28 heavy (non-hydrogen) atoms. The first-order valence-corrected chi connectivity index (χ1v) is 10.0. The van der Waals surface area contributed by atoms with Crippen molar-refractivity contribution in [1.82, 2.24) is 9.97 Å². The molecule has 4 rings (SSSR count). The number of carbonyl (C=O) groups excluding carboxylic acids is 1. The Morgan fingerprint density at radius 2 is 2.00 bits per heavy atom. The van der Waals surface area contributed by atoms with Crippen LogP contribution in [0.25, 0.3) is 10.2 Å². The van der Waals surface area contributed by atoms with Crippen LogP contribution in [0.3, 0.4) is 0 Å². The summed E-state index contributed by atoms with van der Waals surface area (Å²) in [7, 11) is 0. The SMILES string of the molecule is N#Cc1ccc(C(=O)N(Cc2cccnc2)c2nc3ccc(Br)cc3s2)cc1. The van der Waals surface area contributed by atoms with Gasteiger partial charge in [-0.25, -0.2) is 4.98 Å². The Bertz CT molecular complexity index is 1180. The van der Waals surface area contributed by atoms with Crippen molar-refractivity contribution in [3.05, 3.63) is 88.2 Å². The van der Waals surface area contributed by atoms with E-state index in [9.17, 15) is 4.79 Å². The fraction of sp³-hybridized carbons (Fsp3) is 0.0476. The lowest BCUT2D eigenvalue weighted by molar-refractivity contribution is 0.0985. The van der Waals surface area contributed by atoms with Crippen molar-refractivity contribution in [1.29, 1.82) is 5.26 Å². The molecule has 2 aromatic carbocycles. The molecule has 0 saturated carbocycles. The first-order valence-electron chi connectivity index (χ1n) is 8.41. The third-order valence-corrected chi connectivity index (χ3v) is 5.67. The van der Waals surface area contributed by atoms with E-state index in [0.717, 1.165) is 20.3 Å². The quantitative estimate of drug-likeness (QED) is 0.431. The molecule has 0 N–H and O–H groups in total. The lowest BCUT2D eigenvalue weighted by Crippen LogP contribution is -2.30. The van der Waals surface area contributed by atoms with Gasteiger partial charge in [0.2, 0.25) is 0 Å². The first-order chi connectivity index (χ1) is 13.6. The van der Waals surface area contributed by atoms with Gasteiger partial charge in [0.1, 0.15) is 0 Å². The number of carbonyl (C=O) groups is 1. The maximum absolute atomic E-state index is 13.3. The monoisotopic (exact) mass is 448 g/mol. The van der Waals surface area contributed by atoms with Crippen molar-refractivity contribution in [3.8, 4) is 6.07 Å². The van der Waals surface area contributed by atoms with Crippen LogP contribution < -0.4 is 4.90 Å². The number of pyridine rings is 1. The molecule has 5 nitrogen and oxygen atoms in total. The molecule has 0 bridgehead atoms. The largest absolute Gasteiger partial charge is 0.279 e. The standard InChI is InChI=1S/C21H13BrN4OS/c22-17-7-8-18-19(10-17)28-21(25-18)26(13-15-2-1-9-24-12-15)20(27)16-5-3-14(11-23)4-6-16/h1-10,12H,13H2. The number of benzene rings is 2. The van der Waals surface area contributed by atoms with E-state index in [2.05, 4.69) is 32.0 Å². The number of rotatable bonds is 4. The summed E-state index contributed by atoms with van der Waals surface area (Å²) >= 11 is 4.94. The Labute approximate surface area is 174 Å². The molecular weight excluding hydrogens is 436 g/mol. The van der Waals surface area contributed by atoms with Crippen molar-refractivity contribution in [2.24, 2.45) is 0 Å².